The average Bonchev–Trinajstić information content (AvgIpc) is 0.983. The van der Waals surface area contributed by atoms with Gasteiger partial charge >= 0.3 is 0 Å². The van der Waals surface area contributed by atoms with E-state index < -0.39 is 0 Å². The van der Waals surface area contributed by atoms with Crippen LogP contribution in [0.5, 0.6) is 0 Å². The molecule has 0 bridgehead atoms. The van der Waals surface area contributed by atoms with Gasteiger partial charge in [0.15, 0.2) is 22.3 Å². The molecule has 16 aromatic carbocycles. The Morgan fingerprint density at radius 2 is 0.713 bits per heavy atom. The second kappa shape index (κ2) is 33.2. The zero-order valence-corrected chi connectivity index (χ0v) is 81.1. The summed E-state index contributed by atoms with van der Waals surface area (Å²) in [5, 5.41) is 16.5. The quantitative estimate of drug-likeness (QED) is 0.0788. The van der Waals surface area contributed by atoms with E-state index in [9.17, 15) is 0 Å². The molecule has 0 saturated carbocycles. The van der Waals surface area contributed by atoms with Crippen LogP contribution in [0.3, 0.4) is 0 Å². The zero-order chi connectivity index (χ0) is 93.2. The van der Waals surface area contributed by atoms with Crippen LogP contribution in [0, 0.1) is 47.5 Å². The maximum absolute atomic E-state index is 7.13. The first kappa shape index (κ1) is 85.6. The van der Waals surface area contributed by atoms with E-state index >= 15 is 0 Å². The van der Waals surface area contributed by atoms with E-state index in [-0.39, 0.29) is 22.7 Å². The van der Waals surface area contributed by atoms with Crippen molar-refractivity contribution in [1.29, 1.82) is 0 Å². The number of unbranched alkanes of at least 4 members (excludes halogenated alkanes) is 2. The maximum Gasteiger partial charge on any atom is 0.159 e. The summed E-state index contributed by atoms with van der Waals surface area (Å²) in [6, 6.07) is 97.1. The van der Waals surface area contributed by atoms with E-state index in [1.807, 2.05) is 0 Å². The van der Waals surface area contributed by atoms with Crippen molar-refractivity contribution < 1.29 is 17.7 Å². The number of hydrogen-bond donors (Lipinski definition) is 0. The summed E-state index contributed by atoms with van der Waals surface area (Å²) in [5.41, 5.74) is 41.2. The van der Waals surface area contributed by atoms with Crippen molar-refractivity contribution in [2.24, 2.45) is 5.92 Å². The number of aryl methyl sites for hydroxylation is 8. The third kappa shape index (κ3) is 14.0. The van der Waals surface area contributed by atoms with Crippen molar-refractivity contribution in [3.05, 3.63) is 392 Å². The van der Waals surface area contributed by atoms with Crippen molar-refractivity contribution in [2.45, 2.75) is 179 Å². The molecule has 20 aromatic rings. The molecule has 2 unspecified atom stereocenters. The molecular weight excluding hydrogens is 1660 g/mol. The van der Waals surface area contributed by atoms with Crippen LogP contribution in [0.4, 0.5) is 56.9 Å². The third-order valence-corrected chi connectivity index (χ3v) is 30.3. The van der Waals surface area contributed by atoms with Crippen LogP contribution in [0.25, 0.3) is 132 Å². The van der Waals surface area contributed by atoms with Crippen molar-refractivity contribution >= 4 is 189 Å². The summed E-state index contributed by atoms with van der Waals surface area (Å²) >= 11 is 0. The molecule has 0 amide bonds. The van der Waals surface area contributed by atoms with E-state index in [2.05, 4.69) is 434 Å². The van der Waals surface area contributed by atoms with E-state index in [4.69, 9.17) is 17.7 Å². The Labute approximate surface area is 797 Å². The second-order valence-corrected chi connectivity index (χ2v) is 41.0. The molecule has 8 nitrogen and oxygen atoms in total. The summed E-state index contributed by atoms with van der Waals surface area (Å²) in [6.45, 7) is 35.9. The molecule has 0 N–H and O–H groups in total. The van der Waals surface area contributed by atoms with E-state index in [0.717, 1.165) is 185 Å². The Balaban J connectivity index is 0.000000153. The molecule has 136 heavy (non-hydrogen) atoms. The first-order chi connectivity index (χ1) is 66.0. The number of anilines is 10. The Hall–Kier alpha value is -14.6. The molecule has 0 radical (unpaired) electrons. The minimum atomic E-state index is -0.0851. The molecule has 4 aromatic heterocycles. The van der Waals surface area contributed by atoms with Gasteiger partial charge in [-0.05, 0) is 279 Å². The Kier molecular flexibility index (Phi) is 20.9. The molecular formula is C128H116N4O4. The predicted octanol–water partition coefficient (Wildman–Crippen LogP) is 37.5. The highest BCUT2D eigenvalue weighted by Gasteiger charge is 2.40. The lowest BCUT2D eigenvalue weighted by atomic mass is 9.68. The van der Waals surface area contributed by atoms with Crippen LogP contribution in [0.15, 0.2) is 337 Å². The SMILES string of the molecule is CC1=C(C)CCC(N(c2ccc3ccc4c(N(c5ccc(C)c(C)c5)c5cccc6c5oc5c(C(C)(C)C)cccc56)ccc5ccc2c3c54)c2cccc3c2oc2c(C(C)(C)C)cccc23)=C1.CCCCc1cccc2c1oc1c(N(C3=C4C=Cc5ccc(N(c6ccc(C)c(C)c6)c6cccc7c6oc6c(CCCC)cccc67)c6c5C4C(C=C3)C=C6)c3ccc(C)c(C)c3)cccc12. The van der Waals surface area contributed by atoms with Gasteiger partial charge < -0.3 is 37.3 Å². The van der Waals surface area contributed by atoms with Gasteiger partial charge in [0.2, 0.25) is 0 Å². The summed E-state index contributed by atoms with van der Waals surface area (Å²) in [7, 11) is 0. The molecule has 0 saturated heterocycles. The van der Waals surface area contributed by atoms with Gasteiger partial charge in [0.1, 0.15) is 22.3 Å². The van der Waals surface area contributed by atoms with Crippen molar-refractivity contribution in [2.75, 3.05) is 19.6 Å². The molecule has 672 valence electrons. The Bertz CT molecular complexity index is 8550. The largest absolute Gasteiger partial charge is 0.454 e. The fourth-order valence-electron chi connectivity index (χ4n) is 22.5. The molecule has 0 aliphatic heterocycles. The highest BCUT2D eigenvalue weighted by Crippen LogP contribution is 2.58. The number of hydrogen-bond acceptors (Lipinski definition) is 8. The number of fused-ring (bicyclic) bond motifs is 12. The lowest BCUT2D eigenvalue weighted by Gasteiger charge is -2.41. The molecule has 4 aliphatic carbocycles. The third-order valence-electron chi connectivity index (χ3n) is 30.3. The van der Waals surface area contributed by atoms with E-state index in [1.54, 1.807) is 0 Å². The van der Waals surface area contributed by atoms with E-state index in [0.29, 0.717) is 0 Å². The van der Waals surface area contributed by atoms with Crippen molar-refractivity contribution in [1.82, 2.24) is 0 Å². The van der Waals surface area contributed by atoms with Gasteiger partial charge in [0.05, 0.1) is 39.8 Å². The standard InChI is InChI=1S/2C64H58N2O2/c1-37-23-29-43(35-39(37)3)65(55-21-13-17-47-45-15-11-19-51(63(5,6)7)59(45)67-61(47)55)53-33-27-41-26-32-50-54(34-28-42-25-31-49(53)57(41)58(42)50)66(44-30-24-38(2)40(4)36-44)56-22-14-18-48-46-16-12-20-52(64(8,9)10)60(46)68-62(48)56;1-7-9-15-45-17-11-19-49-51-21-13-23-57(63(51)67-61(45)49)65(47-31-25-39(3)41(5)37-47)55-35-29-43-28-34-54-56(36-30-44-27-33-53(55)59(43)60(44)54)66(48-32-26-40(4)42(6)38-48)58-24-14-22-52-50-20-12-18-46(16-10-8-2)62(50)68-64(52)58/h11-23,25-29,31-36H,24,30H2,1-10H3;11-14,17-38,43,59H,7-10,15-16H2,1-6H3. The number of para-hydroxylation sites is 8. The molecule has 4 aliphatic rings. The monoisotopic (exact) mass is 1770 g/mol. The topological polar surface area (TPSA) is 65.5 Å². The van der Waals surface area contributed by atoms with Gasteiger partial charge in [-0.3, -0.25) is 0 Å². The minimum Gasteiger partial charge on any atom is -0.454 e. The predicted molar refractivity (Wildman–Crippen MR) is 578 cm³/mol. The fourth-order valence-corrected chi connectivity index (χ4v) is 22.5. The van der Waals surface area contributed by atoms with Gasteiger partial charge in [-0.1, -0.05) is 292 Å². The molecule has 4 heterocycles. The molecule has 0 fully saturated rings. The molecule has 24 rings (SSSR count). The first-order valence-corrected chi connectivity index (χ1v) is 49.2. The molecule has 8 heteroatoms. The van der Waals surface area contributed by atoms with Crippen LogP contribution in [0.1, 0.15) is 186 Å². The average molecular weight is 1770 g/mol. The first-order valence-electron chi connectivity index (χ1n) is 49.2. The summed E-state index contributed by atoms with van der Waals surface area (Å²) < 4.78 is 28.4. The number of benzene rings is 16. The summed E-state index contributed by atoms with van der Waals surface area (Å²) in [6.07, 6.45) is 25.3. The molecule has 2 atom stereocenters. The smallest absolute Gasteiger partial charge is 0.159 e. The number of allylic oxidation sites excluding steroid dienone is 9. The van der Waals surface area contributed by atoms with Crippen molar-refractivity contribution in [3.8, 4) is 0 Å². The van der Waals surface area contributed by atoms with Gasteiger partial charge in [0, 0.05) is 111 Å². The number of rotatable bonds is 18. The Morgan fingerprint density at radius 3 is 1.17 bits per heavy atom. The van der Waals surface area contributed by atoms with E-state index in [1.165, 1.54) is 144 Å². The minimum absolute atomic E-state index is 0.0777. The van der Waals surface area contributed by atoms with Gasteiger partial charge in [-0.2, -0.15) is 0 Å². The highest BCUT2D eigenvalue weighted by atomic mass is 16.3. The highest BCUT2D eigenvalue weighted by molar-refractivity contribution is 6.29. The van der Waals surface area contributed by atoms with Crippen LogP contribution < -0.4 is 19.6 Å². The van der Waals surface area contributed by atoms with Crippen LogP contribution in [0.2, 0.25) is 0 Å². The van der Waals surface area contributed by atoms with Crippen LogP contribution >= 0.6 is 0 Å². The maximum atomic E-state index is 7.13. The van der Waals surface area contributed by atoms with Crippen molar-refractivity contribution in [3.63, 3.8) is 0 Å². The van der Waals surface area contributed by atoms with Crippen LogP contribution in [-0.4, -0.2) is 0 Å². The van der Waals surface area contributed by atoms with Gasteiger partial charge in [-0.15, -0.1) is 0 Å². The normalized spacial score (nSPS) is 14.9. The molecule has 0 spiro atoms. The summed E-state index contributed by atoms with van der Waals surface area (Å²) in [5.74, 6) is 0.296. The zero-order valence-electron chi connectivity index (χ0n) is 81.1. The Morgan fingerprint density at radius 1 is 0.324 bits per heavy atom. The van der Waals surface area contributed by atoms with Gasteiger partial charge in [0.25, 0.3) is 0 Å². The lowest BCUT2D eigenvalue weighted by molar-refractivity contribution is 0.572. The summed E-state index contributed by atoms with van der Waals surface area (Å²) in [4.78, 5) is 9.88. The number of nitrogens with zero attached hydrogens (tertiary/aromatic N) is 4. The number of furan rings is 4. The second-order valence-electron chi connectivity index (χ2n) is 41.0. The lowest BCUT2D eigenvalue weighted by Crippen LogP contribution is -2.28. The van der Waals surface area contributed by atoms with Gasteiger partial charge in [-0.25, -0.2) is 0 Å². The fraction of sp³-hybridized carbons (Fsp3) is 0.219. The van der Waals surface area contributed by atoms with Crippen LogP contribution in [-0.2, 0) is 23.7 Å².